The van der Waals surface area contributed by atoms with E-state index in [0.717, 1.165) is 5.75 Å². The van der Waals surface area contributed by atoms with Crippen LogP contribution in [0.25, 0.3) is 0 Å². The van der Waals surface area contributed by atoms with Crippen LogP contribution >= 0.6 is 24.0 Å². The molecule has 5 nitrogen and oxygen atoms in total. The summed E-state index contributed by atoms with van der Waals surface area (Å²) in [5, 5.41) is 8.27. The molecule has 0 aromatic rings. The van der Waals surface area contributed by atoms with Gasteiger partial charge in [-0.25, -0.2) is 0 Å². The monoisotopic (exact) mass is 225 g/mol. The second-order valence-corrected chi connectivity index (χ2v) is 3.59. The average molecular weight is 225 g/mol. The van der Waals surface area contributed by atoms with Gasteiger partial charge in [0.1, 0.15) is 6.04 Å². The standard InChI is InChI=1S/C5H11NO2S.CH4N2S/c1-9-3-2-4(6)5(7)8;2-1(3)4/h4H,2-3,6H2,1H3,(H,7,8);(H4,2,3,4)/t4-;/m0./s1. The Labute approximate surface area is 87.0 Å². The molecule has 0 bridgehead atoms. The van der Waals surface area contributed by atoms with Crippen LogP contribution in [0.3, 0.4) is 0 Å². The molecule has 78 valence electrons. The van der Waals surface area contributed by atoms with Crippen molar-refractivity contribution < 1.29 is 9.90 Å². The lowest BCUT2D eigenvalue weighted by Gasteiger charge is -2.02. The molecule has 0 rings (SSSR count). The van der Waals surface area contributed by atoms with Gasteiger partial charge in [-0.15, -0.1) is 0 Å². The van der Waals surface area contributed by atoms with Crippen molar-refractivity contribution in [1.82, 2.24) is 0 Å². The van der Waals surface area contributed by atoms with E-state index >= 15 is 0 Å². The highest BCUT2D eigenvalue weighted by Crippen LogP contribution is 1.97. The highest BCUT2D eigenvalue weighted by Gasteiger charge is 2.08. The molecule has 0 saturated carbocycles. The predicted molar refractivity (Wildman–Crippen MR) is 59.6 cm³/mol. The Morgan fingerprint density at radius 3 is 2.23 bits per heavy atom. The van der Waals surface area contributed by atoms with Gasteiger partial charge in [0.25, 0.3) is 0 Å². The molecular formula is C6H15N3O2S2. The van der Waals surface area contributed by atoms with E-state index in [1.54, 1.807) is 11.8 Å². The maximum absolute atomic E-state index is 10.1. The van der Waals surface area contributed by atoms with Crippen LogP contribution in [0.1, 0.15) is 6.42 Å². The molecule has 0 aliphatic heterocycles. The Balaban J connectivity index is 0. The molecule has 0 aliphatic rings. The van der Waals surface area contributed by atoms with Gasteiger partial charge < -0.3 is 22.3 Å². The minimum atomic E-state index is -0.913. The van der Waals surface area contributed by atoms with E-state index in [9.17, 15) is 4.79 Å². The fourth-order valence-electron chi connectivity index (χ4n) is 0.368. The summed E-state index contributed by atoms with van der Waals surface area (Å²) in [4.78, 5) is 10.1. The van der Waals surface area contributed by atoms with Crippen molar-refractivity contribution in [3.63, 3.8) is 0 Å². The zero-order valence-electron chi connectivity index (χ0n) is 7.40. The van der Waals surface area contributed by atoms with Gasteiger partial charge in [0, 0.05) is 0 Å². The fourth-order valence-corrected chi connectivity index (χ4v) is 0.858. The number of aliphatic carboxylic acids is 1. The molecule has 1 atom stereocenters. The largest absolute Gasteiger partial charge is 0.480 e. The third-order valence-electron chi connectivity index (χ3n) is 0.950. The maximum atomic E-state index is 10.1. The topological polar surface area (TPSA) is 115 Å². The molecule has 0 amide bonds. The lowest BCUT2D eigenvalue weighted by molar-refractivity contribution is -0.138. The minimum Gasteiger partial charge on any atom is -0.480 e. The molecule has 0 aromatic heterocycles. The van der Waals surface area contributed by atoms with Crippen molar-refractivity contribution in [3.05, 3.63) is 0 Å². The van der Waals surface area contributed by atoms with E-state index in [1.165, 1.54) is 0 Å². The van der Waals surface area contributed by atoms with Crippen LogP contribution in [0.5, 0.6) is 0 Å². The van der Waals surface area contributed by atoms with Crippen molar-refractivity contribution in [2.75, 3.05) is 12.0 Å². The van der Waals surface area contributed by atoms with Crippen LogP contribution in [0.4, 0.5) is 0 Å². The highest BCUT2D eigenvalue weighted by molar-refractivity contribution is 7.98. The smallest absolute Gasteiger partial charge is 0.320 e. The molecule has 0 aliphatic carbocycles. The van der Waals surface area contributed by atoms with Gasteiger partial charge in [0.05, 0.1) is 0 Å². The number of nitrogens with two attached hydrogens (primary N) is 3. The Hall–Kier alpha value is -0.530. The molecule has 0 aromatic carbocycles. The third kappa shape index (κ3) is 18.4. The van der Waals surface area contributed by atoms with Crippen LogP contribution in [-0.4, -0.2) is 34.2 Å². The molecule has 0 radical (unpaired) electrons. The van der Waals surface area contributed by atoms with Crippen molar-refractivity contribution in [2.24, 2.45) is 17.2 Å². The van der Waals surface area contributed by atoms with Crippen LogP contribution in [0.15, 0.2) is 0 Å². The van der Waals surface area contributed by atoms with Gasteiger partial charge in [-0.2, -0.15) is 11.8 Å². The Morgan fingerprint density at radius 1 is 1.62 bits per heavy atom. The van der Waals surface area contributed by atoms with Gasteiger partial charge in [0.15, 0.2) is 5.11 Å². The van der Waals surface area contributed by atoms with Crippen LogP contribution < -0.4 is 17.2 Å². The molecule has 0 heterocycles. The summed E-state index contributed by atoms with van der Waals surface area (Å²) in [6.07, 6.45) is 2.48. The lowest BCUT2D eigenvalue weighted by Crippen LogP contribution is -2.30. The third-order valence-corrected chi connectivity index (χ3v) is 1.59. The average Bonchev–Trinajstić information content (AvgIpc) is 1.98. The lowest BCUT2D eigenvalue weighted by atomic mass is 10.2. The number of carboxylic acid groups (broad SMARTS) is 1. The van der Waals surface area contributed by atoms with E-state index < -0.39 is 12.0 Å². The fraction of sp³-hybridized carbons (Fsp3) is 0.667. The van der Waals surface area contributed by atoms with Crippen LogP contribution in [0, 0.1) is 0 Å². The van der Waals surface area contributed by atoms with E-state index in [0.29, 0.717) is 6.42 Å². The molecule has 7 heteroatoms. The summed E-state index contributed by atoms with van der Waals surface area (Å²) in [5.74, 6) is -0.1000. The van der Waals surface area contributed by atoms with Crippen molar-refractivity contribution in [2.45, 2.75) is 12.5 Å². The molecular weight excluding hydrogens is 210 g/mol. The van der Waals surface area contributed by atoms with Gasteiger partial charge in [-0.05, 0) is 30.6 Å². The Morgan fingerprint density at radius 2 is 2.00 bits per heavy atom. The summed E-state index contributed by atoms with van der Waals surface area (Å²) >= 11 is 5.70. The Kier molecular flexibility index (Phi) is 11.0. The van der Waals surface area contributed by atoms with Crippen LogP contribution in [0.2, 0.25) is 0 Å². The van der Waals surface area contributed by atoms with Gasteiger partial charge in [-0.3, -0.25) is 4.79 Å². The first kappa shape index (κ1) is 15.0. The summed E-state index contributed by atoms with van der Waals surface area (Å²) in [6.45, 7) is 0. The molecule has 0 fully saturated rings. The number of hydrogen-bond donors (Lipinski definition) is 4. The van der Waals surface area contributed by atoms with Gasteiger partial charge >= 0.3 is 5.97 Å². The normalized spacial score (nSPS) is 10.9. The summed E-state index contributed by atoms with van der Waals surface area (Å²) in [7, 11) is 0. The number of rotatable bonds is 4. The van der Waals surface area contributed by atoms with E-state index in [1.807, 2.05) is 6.26 Å². The molecule has 13 heavy (non-hydrogen) atoms. The zero-order chi connectivity index (χ0) is 10.9. The van der Waals surface area contributed by atoms with Crippen molar-refractivity contribution in [3.8, 4) is 0 Å². The molecule has 0 unspecified atom stereocenters. The first-order valence-corrected chi connectivity index (χ1v) is 5.24. The first-order chi connectivity index (χ1) is 5.91. The number of carboxylic acids is 1. The van der Waals surface area contributed by atoms with Crippen molar-refractivity contribution >= 4 is 35.1 Å². The minimum absolute atomic E-state index is 0.000000000000000222. The predicted octanol–water partition coefficient (Wildman–Crippen LogP) is -0.660. The summed E-state index contributed by atoms with van der Waals surface area (Å²) in [6, 6.07) is -0.683. The summed E-state index contributed by atoms with van der Waals surface area (Å²) < 4.78 is 0. The van der Waals surface area contributed by atoms with Gasteiger partial charge in [-0.1, -0.05) is 0 Å². The quantitative estimate of drug-likeness (QED) is 0.469. The molecule has 7 N–H and O–H groups in total. The molecule has 0 spiro atoms. The number of carbonyl (C=O) groups is 1. The van der Waals surface area contributed by atoms with E-state index in [-0.39, 0.29) is 5.11 Å². The van der Waals surface area contributed by atoms with E-state index in [2.05, 4.69) is 23.7 Å². The highest BCUT2D eigenvalue weighted by atomic mass is 32.2. The Bertz CT molecular complexity index is 162. The second-order valence-electron chi connectivity index (χ2n) is 2.13. The molecule has 0 saturated heterocycles. The van der Waals surface area contributed by atoms with Crippen molar-refractivity contribution in [1.29, 1.82) is 0 Å². The maximum Gasteiger partial charge on any atom is 0.320 e. The van der Waals surface area contributed by atoms with Gasteiger partial charge in [0.2, 0.25) is 0 Å². The first-order valence-electron chi connectivity index (χ1n) is 3.44. The number of thioether (sulfide) groups is 1. The second kappa shape index (κ2) is 9.56. The zero-order valence-corrected chi connectivity index (χ0v) is 9.03. The SMILES string of the molecule is CSCC[C@H](N)C(=O)O.NC(N)=S. The van der Waals surface area contributed by atoms with E-state index in [4.69, 9.17) is 10.8 Å². The summed E-state index contributed by atoms with van der Waals surface area (Å²) in [5.41, 5.74) is 14.4. The van der Waals surface area contributed by atoms with Crippen LogP contribution in [-0.2, 0) is 4.79 Å². The number of hydrogen-bond acceptors (Lipinski definition) is 4. The number of thiocarbonyl (C=S) groups is 1.